The lowest BCUT2D eigenvalue weighted by atomic mass is 11.1. The Bertz CT molecular complexity index is 247. The van der Waals surface area contributed by atoms with Gasteiger partial charge in [0.15, 0.2) is 0 Å². The topological polar surface area (TPSA) is 14.1 Å². The highest BCUT2D eigenvalue weighted by atomic mass is 32.3. The van der Waals surface area contributed by atoms with Gasteiger partial charge in [-0.3, -0.25) is 0 Å². The monoisotopic (exact) mass is 210 g/mol. The Kier molecular flexibility index (Phi) is 1.86. The minimum atomic E-state index is 1.01. The molecule has 47 valence electrons. The van der Waals surface area contributed by atoms with Crippen LogP contribution in [0.3, 0.4) is 0 Å². The van der Waals surface area contributed by atoms with Crippen molar-refractivity contribution in [3.63, 3.8) is 0 Å². The third-order valence-electron chi connectivity index (χ3n) is 0.759. The molecule has 0 atom stereocenters. The third kappa shape index (κ3) is 1.20. The summed E-state index contributed by atoms with van der Waals surface area (Å²) in [5, 5.41) is 0. The van der Waals surface area contributed by atoms with E-state index in [0.29, 0.717) is 0 Å². The molecule has 1 radical (unpaired) electrons. The molecule has 1 aliphatic rings. The van der Waals surface area contributed by atoms with Crippen LogP contribution in [0.2, 0.25) is 0 Å². The Morgan fingerprint density at radius 2 is 1.67 bits per heavy atom. The van der Waals surface area contributed by atoms with Crippen molar-refractivity contribution in [3.05, 3.63) is 3.14 Å². The molecular formula is C3NS5. The first-order valence-corrected chi connectivity index (χ1v) is 5.63. The molecule has 1 aliphatic heterocycles. The van der Waals surface area contributed by atoms with Crippen LogP contribution in [0.25, 0.3) is 0 Å². The van der Waals surface area contributed by atoms with Crippen molar-refractivity contribution in [3.8, 4) is 0 Å². The Labute approximate surface area is 74.1 Å². The minimum absolute atomic E-state index is 1.01. The van der Waals surface area contributed by atoms with Gasteiger partial charge in [0.2, 0.25) is 0 Å². The van der Waals surface area contributed by atoms with Gasteiger partial charge in [0.05, 0.1) is 0 Å². The van der Waals surface area contributed by atoms with Gasteiger partial charge < -0.3 is 0 Å². The van der Waals surface area contributed by atoms with Crippen LogP contribution in [-0.2, 0) is 0 Å². The van der Waals surface area contributed by atoms with Crippen LogP contribution < -0.4 is 4.13 Å². The van der Waals surface area contributed by atoms with E-state index in [2.05, 4.69) is 4.13 Å². The molecule has 9 heavy (non-hydrogen) atoms. The zero-order valence-corrected chi connectivity index (χ0v) is 8.07. The quantitative estimate of drug-likeness (QED) is 0.482. The van der Waals surface area contributed by atoms with E-state index in [1.54, 1.807) is 22.7 Å². The average Bonchev–Trinajstić information content (AvgIpc) is 2.22. The summed E-state index contributed by atoms with van der Waals surface area (Å²) in [4.78, 5) is 0. The fourth-order valence-corrected chi connectivity index (χ4v) is 5.86. The summed E-state index contributed by atoms with van der Waals surface area (Å²) in [6.45, 7) is 0. The molecule has 0 fully saturated rings. The smallest absolute Gasteiger partial charge is 0.103 e. The lowest BCUT2D eigenvalue weighted by Gasteiger charge is -1.75. The molecule has 0 aromatic carbocycles. The van der Waals surface area contributed by atoms with Crippen LogP contribution in [0.4, 0.5) is 0 Å². The number of fused-ring (bicyclic) bond motifs is 1. The molecule has 2 rings (SSSR count). The van der Waals surface area contributed by atoms with E-state index in [9.17, 15) is 0 Å². The molecule has 6 heteroatoms. The first-order valence-electron chi connectivity index (χ1n) is 2.04. The second-order valence-corrected chi connectivity index (χ2v) is 6.81. The predicted molar refractivity (Wildman–Crippen MR) is 46.9 cm³/mol. The van der Waals surface area contributed by atoms with Crippen molar-refractivity contribution >= 4 is 58.8 Å². The van der Waals surface area contributed by atoms with Crippen LogP contribution in [0.1, 0.15) is 0 Å². The molecule has 0 spiro atoms. The molecule has 0 saturated heterocycles. The van der Waals surface area contributed by atoms with Gasteiger partial charge in [0, 0.05) is 23.9 Å². The molecule has 0 bridgehead atoms. The van der Waals surface area contributed by atoms with Crippen molar-refractivity contribution < 1.29 is 0 Å². The highest BCUT2D eigenvalue weighted by Gasteiger charge is 2.16. The maximum Gasteiger partial charge on any atom is 0.145 e. The SMILES string of the molecule is S=c1sc2c(s1)S[N]S2. The standard InChI is InChI=1S/C3NS5/c5-3-6-1-2(7-3)9-4-8-1. The molecule has 1 nitrogen and oxygen atoms in total. The largest absolute Gasteiger partial charge is 0.145 e. The van der Waals surface area contributed by atoms with Crippen LogP contribution in [0, 0.1) is 3.14 Å². The highest BCUT2D eigenvalue weighted by Crippen LogP contribution is 2.46. The van der Waals surface area contributed by atoms with E-state index in [4.69, 9.17) is 12.2 Å². The summed E-state index contributed by atoms with van der Waals surface area (Å²) < 4.78 is 7.62. The van der Waals surface area contributed by atoms with Crippen molar-refractivity contribution in [1.82, 2.24) is 4.13 Å². The fraction of sp³-hybridized carbons (Fsp3) is 0. The summed E-state index contributed by atoms with van der Waals surface area (Å²) in [6, 6.07) is 0. The number of nitrogens with zero attached hydrogens (tertiary/aromatic N) is 1. The van der Waals surface area contributed by atoms with Gasteiger partial charge in [0.1, 0.15) is 11.6 Å². The number of hydrogen-bond acceptors (Lipinski definition) is 5. The Hall–Kier alpha value is 0.930. The fourth-order valence-electron chi connectivity index (χ4n) is 0.454. The molecule has 0 unspecified atom stereocenters. The number of hydrogen-bond donors (Lipinski definition) is 0. The molecule has 2 heterocycles. The first kappa shape index (κ1) is 6.63. The van der Waals surface area contributed by atoms with E-state index >= 15 is 0 Å². The highest BCUT2D eigenvalue weighted by molar-refractivity contribution is 8.17. The number of rotatable bonds is 0. The molecule has 0 amide bonds. The van der Waals surface area contributed by atoms with Crippen LogP contribution in [0.5, 0.6) is 0 Å². The first-order chi connectivity index (χ1) is 4.36. The average molecular weight is 210 g/mol. The predicted octanol–water partition coefficient (Wildman–Crippen LogP) is 3.17. The minimum Gasteiger partial charge on any atom is -0.103 e. The molecule has 1 aromatic heterocycles. The summed E-state index contributed by atoms with van der Waals surface area (Å²) in [5.74, 6) is 0. The van der Waals surface area contributed by atoms with Gasteiger partial charge in [-0.2, -0.15) is 0 Å². The zero-order valence-electron chi connectivity index (χ0n) is 3.99. The summed E-state index contributed by atoms with van der Waals surface area (Å²) in [6.07, 6.45) is 0. The van der Waals surface area contributed by atoms with Gasteiger partial charge in [-0.25, -0.2) is 0 Å². The van der Waals surface area contributed by atoms with Gasteiger partial charge in [-0.15, -0.1) is 22.7 Å². The second kappa shape index (κ2) is 2.52. The summed E-state index contributed by atoms with van der Waals surface area (Å²) in [5.41, 5.74) is 0. The van der Waals surface area contributed by atoms with Crippen molar-refractivity contribution in [2.45, 2.75) is 8.42 Å². The second-order valence-electron chi connectivity index (χ2n) is 1.29. The Balaban J connectivity index is 2.64. The van der Waals surface area contributed by atoms with Gasteiger partial charge in [-0.1, -0.05) is 16.3 Å². The van der Waals surface area contributed by atoms with Crippen LogP contribution in [0.15, 0.2) is 8.42 Å². The summed E-state index contributed by atoms with van der Waals surface area (Å²) >= 11 is 11.4. The Morgan fingerprint density at radius 1 is 1.11 bits per heavy atom. The van der Waals surface area contributed by atoms with Gasteiger partial charge in [-0.05, 0) is 0 Å². The maximum absolute atomic E-state index is 4.99. The van der Waals surface area contributed by atoms with E-state index in [1.807, 2.05) is 0 Å². The van der Waals surface area contributed by atoms with Crippen LogP contribution >= 0.6 is 58.8 Å². The van der Waals surface area contributed by atoms with Crippen molar-refractivity contribution in [1.29, 1.82) is 0 Å². The molecule has 0 aliphatic carbocycles. The maximum atomic E-state index is 4.99. The van der Waals surface area contributed by atoms with E-state index < -0.39 is 0 Å². The van der Waals surface area contributed by atoms with Crippen LogP contribution in [-0.4, -0.2) is 0 Å². The molecule has 0 N–H and O–H groups in total. The normalized spacial score (nSPS) is 16.0. The van der Waals surface area contributed by atoms with E-state index in [-0.39, 0.29) is 0 Å². The molecule has 1 aromatic rings. The zero-order chi connectivity index (χ0) is 6.27. The molecule has 0 saturated carbocycles. The third-order valence-corrected chi connectivity index (χ3v) is 5.67. The van der Waals surface area contributed by atoms with Crippen molar-refractivity contribution in [2.75, 3.05) is 0 Å². The van der Waals surface area contributed by atoms with E-state index in [0.717, 1.165) is 3.14 Å². The lowest BCUT2D eigenvalue weighted by Crippen LogP contribution is -1.60. The lowest BCUT2D eigenvalue weighted by molar-refractivity contribution is 1.56. The van der Waals surface area contributed by atoms with Crippen molar-refractivity contribution in [2.24, 2.45) is 0 Å². The van der Waals surface area contributed by atoms with Gasteiger partial charge in [0.25, 0.3) is 0 Å². The Morgan fingerprint density at radius 3 is 2.22 bits per heavy atom. The molecular weight excluding hydrogens is 210 g/mol. The van der Waals surface area contributed by atoms with E-state index in [1.165, 1.54) is 32.3 Å². The van der Waals surface area contributed by atoms with Gasteiger partial charge >= 0.3 is 0 Å². The summed E-state index contributed by atoms with van der Waals surface area (Å²) in [7, 11) is 0.